The van der Waals surface area contributed by atoms with Crippen molar-refractivity contribution < 1.29 is 13.2 Å². The van der Waals surface area contributed by atoms with Crippen LogP contribution in [0, 0.1) is 0 Å². The van der Waals surface area contributed by atoms with E-state index in [9.17, 15) is 8.42 Å². The van der Waals surface area contributed by atoms with Gasteiger partial charge in [-0.2, -0.15) is 0 Å². The zero-order chi connectivity index (χ0) is 21.6. The van der Waals surface area contributed by atoms with E-state index in [0.717, 1.165) is 30.6 Å². The molecule has 0 spiro atoms. The molecule has 1 aliphatic heterocycles. The Bertz CT molecular complexity index is 1030. The molecule has 30 heavy (non-hydrogen) atoms. The molecule has 8 heteroatoms. The highest BCUT2D eigenvalue weighted by atomic mass is 35.5. The van der Waals surface area contributed by atoms with Gasteiger partial charge in [-0.3, -0.25) is 4.90 Å². The highest BCUT2D eigenvalue weighted by Gasteiger charge is 2.41. The maximum atomic E-state index is 11.8. The molecule has 1 aliphatic carbocycles. The van der Waals surface area contributed by atoms with Crippen molar-refractivity contribution in [3.05, 3.63) is 57.6 Å². The number of rotatable bonds is 4. The van der Waals surface area contributed by atoms with Crippen molar-refractivity contribution in [3.63, 3.8) is 0 Å². The van der Waals surface area contributed by atoms with E-state index in [1.807, 2.05) is 6.07 Å². The van der Waals surface area contributed by atoms with E-state index in [1.54, 1.807) is 30.3 Å². The summed E-state index contributed by atoms with van der Waals surface area (Å²) in [4.78, 5) is 2.74. The van der Waals surface area contributed by atoms with Crippen LogP contribution in [0.5, 0.6) is 5.75 Å². The van der Waals surface area contributed by atoms with E-state index in [2.05, 4.69) is 24.1 Å². The SMILES string of the molecule is C[C@@H]1CN([C@H]2Cc3c(Cl)cc(Cl)cc3[C@@H]2Oc2ccc(S(C)(=O)=O)cc2)C[C@H](C)N1. The van der Waals surface area contributed by atoms with Crippen molar-refractivity contribution in [1.29, 1.82) is 0 Å². The molecule has 0 radical (unpaired) electrons. The summed E-state index contributed by atoms with van der Waals surface area (Å²) in [5, 5.41) is 4.82. The zero-order valence-corrected chi connectivity index (χ0v) is 19.6. The number of sulfone groups is 1. The van der Waals surface area contributed by atoms with Crippen molar-refractivity contribution in [2.24, 2.45) is 0 Å². The third kappa shape index (κ3) is 4.48. The molecule has 4 rings (SSSR count). The number of halogens is 2. The second-order valence-corrected chi connectivity index (χ2v) is 11.3. The lowest BCUT2D eigenvalue weighted by Crippen LogP contribution is -2.58. The summed E-state index contributed by atoms with van der Waals surface area (Å²) in [6.07, 6.45) is 1.75. The lowest BCUT2D eigenvalue weighted by atomic mass is 10.0. The number of nitrogens with one attached hydrogen (secondary N) is 1. The Labute approximate surface area is 188 Å². The first-order valence-electron chi connectivity index (χ1n) is 10.1. The van der Waals surface area contributed by atoms with Gasteiger partial charge in [0.2, 0.25) is 0 Å². The molecule has 4 atom stereocenters. The zero-order valence-electron chi connectivity index (χ0n) is 17.2. The Balaban J connectivity index is 1.68. The summed E-state index contributed by atoms with van der Waals surface area (Å²) in [6.45, 7) is 6.21. The molecule has 0 unspecified atom stereocenters. The molecule has 2 aromatic rings. The van der Waals surface area contributed by atoms with Crippen LogP contribution in [0.15, 0.2) is 41.3 Å². The number of nitrogens with zero attached hydrogens (tertiary/aromatic N) is 1. The van der Waals surface area contributed by atoms with Crippen molar-refractivity contribution in [2.75, 3.05) is 19.3 Å². The van der Waals surface area contributed by atoms with Gasteiger partial charge >= 0.3 is 0 Å². The topological polar surface area (TPSA) is 58.6 Å². The molecular weight excluding hydrogens is 443 g/mol. The fourth-order valence-electron chi connectivity index (χ4n) is 4.63. The average Bonchev–Trinajstić information content (AvgIpc) is 2.99. The molecule has 1 saturated heterocycles. The molecular formula is C22H26Cl2N2O3S. The number of fused-ring (bicyclic) bond motifs is 1. The lowest BCUT2D eigenvalue weighted by Gasteiger charge is -2.41. The second-order valence-electron chi connectivity index (χ2n) is 8.43. The summed E-state index contributed by atoms with van der Waals surface area (Å²) < 4.78 is 30.0. The van der Waals surface area contributed by atoms with E-state index < -0.39 is 9.84 Å². The van der Waals surface area contributed by atoms with Crippen LogP contribution >= 0.6 is 23.2 Å². The van der Waals surface area contributed by atoms with Gasteiger partial charge in [-0.05, 0) is 62.2 Å². The minimum atomic E-state index is -3.25. The van der Waals surface area contributed by atoms with Gasteiger partial charge in [-0.15, -0.1) is 0 Å². The number of hydrogen-bond donors (Lipinski definition) is 1. The Kier molecular flexibility index (Phi) is 6.08. The molecule has 1 fully saturated rings. The van der Waals surface area contributed by atoms with Gasteiger partial charge in [-0.1, -0.05) is 23.2 Å². The Hall–Kier alpha value is -1.31. The molecule has 0 aromatic heterocycles. The highest BCUT2D eigenvalue weighted by Crippen LogP contribution is 2.43. The van der Waals surface area contributed by atoms with Gasteiger partial charge < -0.3 is 10.1 Å². The first-order chi connectivity index (χ1) is 14.1. The van der Waals surface area contributed by atoms with Gasteiger partial charge in [0, 0.05) is 47.0 Å². The van der Waals surface area contributed by atoms with Gasteiger partial charge in [-0.25, -0.2) is 8.42 Å². The van der Waals surface area contributed by atoms with Gasteiger partial charge in [0.25, 0.3) is 0 Å². The molecule has 5 nitrogen and oxygen atoms in total. The van der Waals surface area contributed by atoms with E-state index in [0.29, 0.717) is 27.9 Å². The molecule has 1 heterocycles. The number of hydrogen-bond acceptors (Lipinski definition) is 5. The van der Waals surface area contributed by atoms with Crippen LogP contribution in [0.25, 0.3) is 0 Å². The first kappa shape index (κ1) is 21.9. The van der Waals surface area contributed by atoms with Crippen molar-refractivity contribution in [2.45, 2.75) is 49.4 Å². The number of ether oxygens (including phenoxy) is 1. The summed E-state index contributed by atoms with van der Waals surface area (Å²) in [5.41, 5.74) is 2.08. The van der Waals surface area contributed by atoms with Crippen LogP contribution in [-0.4, -0.2) is 50.8 Å². The molecule has 2 aromatic carbocycles. The van der Waals surface area contributed by atoms with E-state index in [4.69, 9.17) is 27.9 Å². The Morgan fingerprint density at radius 2 is 1.70 bits per heavy atom. The van der Waals surface area contributed by atoms with Gasteiger partial charge in [0.15, 0.2) is 9.84 Å². The summed E-state index contributed by atoms with van der Waals surface area (Å²) in [6, 6.07) is 11.2. The highest BCUT2D eigenvalue weighted by molar-refractivity contribution is 7.90. The van der Waals surface area contributed by atoms with Gasteiger partial charge in [0.05, 0.1) is 10.9 Å². The third-order valence-corrected chi connectivity index (χ3v) is 7.52. The van der Waals surface area contributed by atoms with Crippen LogP contribution in [0.3, 0.4) is 0 Å². The maximum absolute atomic E-state index is 11.8. The van der Waals surface area contributed by atoms with Crippen molar-refractivity contribution in [3.8, 4) is 5.75 Å². The van der Waals surface area contributed by atoms with Crippen LogP contribution in [0.1, 0.15) is 31.1 Å². The lowest BCUT2D eigenvalue weighted by molar-refractivity contribution is 0.0480. The average molecular weight is 469 g/mol. The van der Waals surface area contributed by atoms with Crippen LogP contribution in [0.2, 0.25) is 10.0 Å². The minimum Gasteiger partial charge on any atom is -0.484 e. The molecule has 0 amide bonds. The molecule has 1 N–H and O–H groups in total. The molecule has 162 valence electrons. The maximum Gasteiger partial charge on any atom is 0.175 e. The monoisotopic (exact) mass is 468 g/mol. The quantitative estimate of drug-likeness (QED) is 0.730. The predicted molar refractivity (Wildman–Crippen MR) is 121 cm³/mol. The van der Waals surface area contributed by atoms with Crippen LogP contribution in [0.4, 0.5) is 0 Å². The van der Waals surface area contributed by atoms with Crippen molar-refractivity contribution in [1.82, 2.24) is 10.2 Å². The first-order valence-corrected chi connectivity index (χ1v) is 12.7. The van der Waals surface area contributed by atoms with E-state index >= 15 is 0 Å². The van der Waals surface area contributed by atoms with Crippen LogP contribution < -0.4 is 10.1 Å². The fourth-order valence-corrected chi connectivity index (χ4v) is 5.85. The van der Waals surface area contributed by atoms with Crippen LogP contribution in [-0.2, 0) is 16.3 Å². The molecule has 0 bridgehead atoms. The van der Waals surface area contributed by atoms with Crippen molar-refractivity contribution >= 4 is 33.0 Å². The van der Waals surface area contributed by atoms with Gasteiger partial charge in [0.1, 0.15) is 11.9 Å². The summed E-state index contributed by atoms with van der Waals surface area (Å²) in [5.74, 6) is 0.623. The minimum absolute atomic E-state index is 0.123. The largest absolute Gasteiger partial charge is 0.484 e. The predicted octanol–water partition coefficient (Wildman–Crippen LogP) is 4.12. The van der Waals surface area contributed by atoms with E-state index in [-0.39, 0.29) is 17.0 Å². The third-order valence-electron chi connectivity index (χ3n) is 5.83. The Morgan fingerprint density at radius 1 is 1.07 bits per heavy atom. The standard InChI is InChI=1S/C22H26Cl2N2O3S/c1-13-11-26(12-14(2)25-13)21-10-18-19(8-15(23)9-20(18)24)22(21)29-16-4-6-17(7-5-16)30(3,27)28/h4-9,13-14,21-22,25H,10-12H2,1-3H3/t13-,14+,21-,22-/m0/s1. The molecule has 0 saturated carbocycles. The fraction of sp³-hybridized carbons (Fsp3) is 0.455. The van der Waals surface area contributed by atoms with E-state index in [1.165, 1.54) is 6.26 Å². The number of piperazine rings is 1. The molecule has 2 aliphatic rings. The summed E-state index contributed by atoms with van der Waals surface area (Å²) >= 11 is 12.9. The normalized spacial score (nSPS) is 27.1. The second kappa shape index (κ2) is 8.32. The smallest absolute Gasteiger partial charge is 0.175 e. The summed E-state index contributed by atoms with van der Waals surface area (Å²) in [7, 11) is -3.25. The number of benzene rings is 2. The Morgan fingerprint density at radius 3 is 2.30 bits per heavy atom.